The minimum absolute atomic E-state index is 1.25. The Balaban J connectivity index is -0.0000000600. The first-order chi connectivity index (χ1) is 4.24. The molecule has 0 aliphatic carbocycles. The molecule has 0 N–H and O–H groups in total. The molecule has 0 fully saturated rings. The number of hydrogen-bond acceptors (Lipinski definition) is 0. The van der Waals surface area contributed by atoms with Crippen molar-refractivity contribution in [2.24, 2.45) is 0 Å². The van der Waals surface area contributed by atoms with Gasteiger partial charge in [-0.2, -0.15) is 0 Å². The highest BCUT2D eigenvalue weighted by atomic mass is 13.4. The van der Waals surface area contributed by atoms with E-state index in [2.05, 4.69) is 39.3 Å². The zero-order valence-electron chi connectivity index (χ0n) is 6.91. The summed E-state index contributed by atoms with van der Waals surface area (Å²) >= 11 is 0. The van der Waals surface area contributed by atoms with E-state index in [0.717, 1.165) is 0 Å². The van der Waals surface area contributed by atoms with Crippen molar-refractivity contribution in [3.63, 3.8) is 0 Å². The minimum Gasteiger partial charge on any atom is -0.137 e. The lowest BCUT2D eigenvalue weighted by Gasteiger charge is -1.48. The van der Waals surface area contributed by atoms with Crippen LogP contribution in [0.15, 0.2) is 31.5 Å². The second kappa shape index (κ2) is 55.7. The van der Waals surface area contributed by atoms with Gasteiger partial charge in [0, 0.05) is 0 Å². The highest BCUT2D eigenvalue weighted by Gasteiger charge is 1.35. The van der Waals surface area contributed by atoms with E-state index in [0.29, 0.717) is 0 Å². The first-order valence-electron chi connectivity index (χ1n) is 3.11. The molecular weight excluding hydrogens is 108 g/mol. The van der Waals surface area contributed by atoms with Crippen molar-refractivity contribution in [2.75, 3.05) is 0 Å². The van der Waals surface area contributed by atoms with Gasteiger partial charge in [0.1, 0.15) is 0 Å². The van der Waals surface area contributed by atoms with Gasteiger partial charge in [0.25, 0.3) is 0 Å². The van der Waals surface area contributed by atoms with E-state index >= 15 is 0 Å². The maximum atomic E-state index is 3.36. The van der Waals surface area contributed by atoms with Crippen LogP contribution in [0.3, 0.4) is 0 Å². The summed E-state index contributed by atoms with van der Waals surface area (Å²) in [6.45, 7) is 15.8. The van der Waals surface area contributed by atoms with E-state index in [1.54, 1.807) is 6.08 Å². The first-order valence-corrected chi connectivity index (χ1v) is 3.11. The Bertz CT molecular complexity index is 54.4. The summed E-state index contributed by atoms with van der Waals surface area (Å²) in [5.74, 6) is 0. The second-order valence-corrected chi connectivity index (χ2v) is 1.37. The molecule has 9 heavy (non-hydrogen) atoms. The molecule has 0 aliphatic heterocycles. The molecule has 0 saturated heterocycles. The second-order valence-electron chi connectivity index (χ2n) is 1.37. The Kier molecular flexibility index (Phi) is 97.4. The monoisotopic (exact) mass is 126 g/mol. The molecule has 0 bridgehead atoms. The largest absolute Gasteiger partial charge is 0.137 e. The smallest absolute Gasteiger partial charge is 0.0473 e. The molecule has 0 heterocycles. The fraction of sp³-hybridized carbons (Fsp3) is 0.444. The van der Waals surface area contributed by atoms with Gasteiger partial charge in [-0.05, 0) is 6.92 Å². The van der Waals surface area contributed by atoms with Crippen LogP contribution in [0, 0.1) is 0 Å². The van der Waals surface area contributed by atoms with Crippen LogP contribution < -0.4 is 0 Å². The van der Waals surface area contributed by atoms with Crippen molar-refractivity contribution in [1.29, 1.82) is 0 Å². The first kappa shape index (κ1) is 15.7. The Morgan fingerprint density at radius 1 is 1.33 bits per heavy atom. The lowest BCUT2D eigenvalue weighted by atomic mass is 10.6. The third-order valence-electron chi connectivity index (χ3n) is 0. The summed E-state index contributed by atoms with van der Waals surface area (Å²) in [7, 11) is 0. The molecule has 0 radical (unpaired) electrons. The topological polar surface area (TPSA) is 0 Å². The fourth-order valence-corrected chi connectivity index (χ4v) is 0. The molecule has 0 unspecified atom stereocenters. The van der Waals surface area contributed by atoms with Crippen molar-refractivity contribution in [2.45, 2.75) is 27.2 Å². The van der Waals surface area contributed by atoms with Crippen LogP contribution in [-0.4, -0.2) is 0 Å². The van der Waals surface area contributed by atoms with Gasteiger partial charge in [0.15, 0.2) is 0 Å². The Morgan fingerprint density at radius 3 is 1.33 bits per heavy atom. The average molecular weight is 126 g/mol. The minimum atomic E-state index is 1.25. The third kappa shape index (κ3) is 367. The van der Waals surface area contributed by atoms with Gasteiger partial charge in [-0.3, -0.25) is 0 Å². The van der Waals surface area contributed by atoms with Crippen molar-refractivity contribution < 1.29 is 0 Å². The molecule has 0 nitrogen and oxygen atoms in total. The molecule has 54 valence electrons. The van der Waals surface area contributed by atoms with Gasteiger partial charge in [-0.1, -0.05) is 39.5 Å². The lowest BCUT2D eigenvalue weighted by molar-refractivity contribution is 1.09. The number of rotatable bonds is 0. The fourth-order valence-electron chi connectivity index (χ4n) is 0. The standard InChI is InChI=1S/C3H8.C3H6.C3H4/c3*1-3-2/h3H2,1-2H3;3H,1H2,2H3;1-2H2. The summed E-state index contributed by atoms with van der Waals surface area (Å²) in [5, 5.41) is 0. The number of allylic oxidation sites excluding steroid dienone is 1. The van der Waals surface area contributed by atoms with E-state index < -0.39 is 0 Å². The lowest BCUT2D eigenvalue weighted by Crippen LogP contribution is -1.27. The Labute approximate surface area is 59.6 Å². The van der Waals surface area contributed by atoms with Gasteiger partial charge in [-0.15, -0.1) is 12.3 Å². The van der Waals surface area contributed by atoms with E-state index in [1.807, 2.05) is 6.92 Å². The average Bonchev–Trinajstić information content (AvgIpc) is 1.70. The zero-order chi connectivity index (χ0) is 8.12. The molecule has 0 aromatic heterocycles. The molecule has 0 atom stereocenters. The Morgan fingerprint density at radius 2 is 1.33 bits per heavy atom. The molecule has 0 amide bonds. The summed E-state index contributed by atoms with van der Waals surface area (Å²) in [4.78, 5) is 0. The molecule has 0 spiro atoms. The summed E-state index contributed by atoms with van der Waals surface area (Å²) in [6.07, 6.45) is 3.00. The van der Waals surface area contributed by atoms with Gasteiger partial charge >= 0.3 is 0 Å². The van der Waals surface area contributed by atoms with E-state index in [-0.39, 0.29) is 0 Å². The predicted octanol–water partition coefficient (Wildman–Crippen LogP) is 3.57. The molecule has 0 rings (SSSR count). The van der Waals surface area contributed by atoms with Crippen molar-refractivity contribution in [3.8, 4) is 0 Å². The molecule has 0 aliphatic rings. The predicted molar refractivity (Wildman–Crippen MR) is 46.6 cm³/mol. The van der Waals surface area contributed by atoms with Crippen molar-refractivity contribution >= 4 is 0 Å². The SMILES string of the molecule is C=C=C.C=CC.CCC. The van der Waals surface area contributed by atoms with Gasteiger partial charge in [0.2, 0.25) is 0 Å². The number of hydrogen-bond donors (Lipinski definition) is 0. The third-order valence-corrected chi connectivity index (χ3v) is 0. The molecule has 0 heteroatoms. The maximum absolute atomic E-state index is 3.36. The van der Waals surface area contributed by atoms with Crippen LogP contribution in [-0.2, 0) is 0 Å². The van der Waals surface area contributed by atoms with E-state index in [1.165, 1.54) is 6.42 Å². The van der Waals surface area contributed by atoms with Crippen molar-refractivity contribution in [3.05, 3.63) is 31.5 Å². The van der Waals surface area contributed by atoms with Gasteiger partial charge < -0.3 is 0 Å². The van der Waals surface area contributed by atoms with Crippen LogP contribution in [0.4, 0.5) is 0 Å². The molecule has 0 aromatic rings. The van der Waals surface area contributed by atoms with Crippen LogP contribution in [0.25, 0.3) is 0 Å². The van der Waals surface area contributed by atoms with Crippen LogP contribution in [0.2, 0.25) is 0 Å². The summed E-state index contributed by atoms with van der Waals surface area (Å²) in [5.41, 5.74) is 2.25. The van der Waals surface area contributed by atoms with Crippen molar-refractivity contribution in [1.82, 2.24) is 0 Å². The summed E-state index contributed by atoms with van der Waals surface area (Å²) < 4.78 is 0. The van der Waals surface area contributed by atoms with Crippen LogP contribution in [0.1, 0.15) is 27.2 Å². The highest BCUT2D eigenvalue weighted by Crippen LogP contribution is 1.56. The van der Waals surface area contributed by atoms with Crippen LogP contribution >= 0.6 is 0 Å². The molecule has 0 aromatic carbocycles. The zero-order valence-corrected chi connectivity index (χ0v) is 6.91. The van der Waals surface area contributed by atoms with Gasteiger partial charge in [0.05, 0.1) is 0 Å². The Hall–Kier alpha value is -0.740. The van der Waals surface area contributed by atoms with Gasteiger partial charge in [-0.25, -0.2) is 0 Å². The van der Waals surface area contributed by atoms with E-state index in [4.69, 9.17) is 0 Å². The quantitative estimate of drug-likeness (QED) is 0.344. The molecular formula is C9H18. The highest BCUT2D eigenvalue weighted by molar-refractivity contribution is 4.52. The van der Waals surface area contributed by atoms with E-state index in [9.17, 15) is 0 Å². The summed E-state index contributed by atoms with van der Waals surface area (Å²) in [6, 6.07) is 0. The molecule has 0 saturated carbocycles. The van der Waals surface area contributed by atoms with Crippen LogP contribution in [0.5, 0.6) is 0 Å². The normalized spacial score (nSPS) is 4.33. The maximum Gasteiger partial charge on any atom is -0.0473 e.